The molecule has 2 atom stereocenters. The second-order valence-electron chi connectivity index (χ2n) is 5.33. The van der Waals surface area contributed by atoms with E-state index in [1.54, 1.807) is 0 Å². The SMILES string of the molecule is CC(C)CC(C)N(C)CCC(C)CCCl. The van der Waals surface area contributed by atoms with Crippen molar-refractivity contribution in [3.05, 3.63) is 0 Å². The standard InChI is InChI=1S/C13H28ClN/c1-11(2)10-13(4)15(5)9-7-12(3)6-8-14/h11-13H,6-10H2,1-5H3. The molecule has 0 saturated carbocycles. The van der Waals surface area contributed by atoms with E-state index in [0.29, 0.717) is 6.04 Å². The van der Waals surface area contributed by atoms with E-state index in [4.69, 9.17) is 11.6 Å². The van der Waals surface area contributed by atoms with E-state index in [1.165, 1.54) is 19.4 Å². The number of halogens is 1. The summed E-state index contributed by atoms with van der Waals surface area (Å²) in [6.07, 6.45) is 3.71. The lowest BCUT2D eigenvalue weighted by Crippen LogP contribution is -2.31. The maximum Gasteiger partial charge on any atom is 0.0225 e. The highest BCUT2D eigenvalue weighted by molar-refractivity contribution is 6.17. The summed E-state index contributed by atoms with van der Waals surface area (Å²) in [5.74, 6) is 2.35. The molecular formula is C13H28ClN. The van der Waals surface area contributed by atoms with Crippen LogP contribution in [0.2, 0.25) is 0 Å². The highest BCUT2D eigenvalue weighted by atomic mass is 35.5. The molecule has 0 saturated heterocycles. The van der Waals surface area contributed by atoms with Crippen LogP contribution in [0.4, 0.5) is 0 Å². The van der Waals surface area contributed by atoms with Gasteiger partial charge in [0.25, 0.3) is 0 Å². The molecule has 0 aromatic rings. The predicted octanol–water partition coefficient (Wildman–Crippen LogP) is 4.01. The first-order valence-corrected chi connectivity index (χ1v) is 6.77. The van der Waals surface area contributed by atoms with Gasteiger partial charge in [-0.25, -0.2) is 0 Å². The number of hydrogen-bond donors (Lipinski definition) is 0. The zero-order chi connectivity index (χ0) is 11.8. The van der Waals surface area contributed by atoms with Crippen molar-refractivity contribution in [2.24, 2.45) is 11.8 Å². The van der Waals surface area contributed by atoms with Crippen molar-refractivity contribution in [3.63, 3.8) is 0 Å². The molecule has 0 aromatic carbocycles. The Morgan fingerprint density at radius 3 is 2.13 bits per heavy atom. The van der Waals surface area contributed by atoms with Crippen molar-refractivity contribution in [1.29, 1.82) is 0 Å². The minimum Gasteiger partial charge on any atom is -0.304 e. The molecule has 0 spiro atoms. The number of rotatable bonds is 8. The minimum absolute atomic E-state index is 0.702. The lowest BCUT2D eigenvalue weighted by molar-refractivity contribution is 0.214. The van der Waals surface area contributed by atoms with Gasteiger partial charge < -0.3 is 4.90 Å². The van der Waals surface area contributed by atoms with E-state index in [0.717, 1.165) is 24.1 Å². The smallest absolute Gasteiger partial charge is 0.0225 e. The maximum atomic E-state index is 5.73. The van der Waals surface area contributed by atoms with Crippen LogP contribution >= 0.6 is 11.6 Å². The quantitative estimate of drug-likeness (QED) is 0.573. The monoisotopic (exact) mass is 233 g/mol. The Hall–Kier alpha value is 0.250. The number of hydrogen-bond acceptors (Lipinski definition) is 1. The van der Waals surface area contributed by atoms with Gasteiger partial charge >= 0.3 is 0 Å². The second kappa shape index (κ2) is 8.41. The summed E-state index contributed by atoms with van der Waals surface area (Å²) in [6.45, 7) is 10.4. The number of nitrogens with zero attached hydrogens (tertiary/aromatic N) is 1. The van der Waals surface area contributed by atoms with Gasteiger partial charge in [0.1, 0.15) is 0 Å². The average Bonchev–Trinajstić information content (AvgIpc) is 2.13. The van der Waals surface area contributed by atoms with Crippen molar-refractivity contribution < 1.29 is 0 Å². The molecule has 0 bridgehead atoms. The molecule has 1 nitrogen and oxygen atoms in total. The second-order valence-corrected chi connectivity index (χ2v) is 5.71. The maximum absolute atomic E-state index is 5.73. The van der Waals surface area contributed by atoms with Gasteiger partial charge in [-0.2, -0.15) is 0 Å². The molecule has 0 fully saturated rings. The molecule has 15 heavy (non-hydrogen) atoms. The third kappa shape index (κ3) is 8.10. The van der Waals surface area contributed by atoms with Crippen LogP contribution in [0.3, 0.4) is 0 Å². The molecule has 0 aliphatic rings. The van der Waals surface area contributed by atoms with Crippen molar-refractivity contribution in [3.8, 4) is 0 Å². The summed E-state index contributed by atoms with van der Waals surface area (Å²) >= 11 is 5.73. The Morgan fingerprint density at radius 1 is 1.07 bits per heavy atom. The molecule has 0 heterocycles. The summed E-state index contributed by atoms with van der Waals surface area (Å²) in [6, 6.07) is 0.702. The first kappa shape index (κ1) is 15.2. The van der Waals surface area contributed by atoms with Crippen molar-refractivity contribution in [2.75, 3.05) is 19.5 Å². The third-order valence-electron chi connectivity index (χ3n) is 3.14. The van der Waals surface area contributed by atoms with Crippen LogP contribution in [0.25, 0.3) is 0 Å². The first-order chi connectivity index (χ1) is 6.97. The van der Waals surface area contributed by atoms with E-state index in [9.17, 15) is 0 Å². The molecule has 0 aliphatic carbocycles. The van der Waals surface area contributed by atoms with Crippen LogP contribution in [-0.4, -0.2) is 30.4 Å². The van der Waals surface area contributed by atoms with Crippen molar-refractivity contribution in [2.45, 2.75) is 53.0 Å². The fourth-order valence-corrected chi connectivity index (χ4v) is 2.21. The van der Waals surface area contributed by atoms with Crippen LogP contribution < -0.4 is 0 Å². The molecule has 0 amide bonds. The van der Waals surface area contributed by atoms with Gasteiger partial charge in [0.05, 0.1) is 0 Å². The third-order valence-corrected chi connectivity index (χ3v) is 3.36. The molecule has 92 valence electrons. The zero-order valence-electron chi connectivity index (χ0n) is 11.1. The summed E-state index contributed by atoms with van der Waals surface area (Å²) in [5, 5.41) is 0. The van der Waals surface area contributed by atoms with Gasteiger partial charge in [-0.15, -0.1) is 11.6 Å². The summed E-state index contributed by atoms with van der Waals surface area (Å²) in [7, 11) is 2.24. The molecule has 0 N–H and O–H groups in total. The Bertz CT molecular complexity index is 147. The van der Waals surface area contributed by atoms with Crippen LogP contribution in [0.5, 0.6) is 0 Å². The lowest BCUT2D eigenvalue weighted by Gasteiger charge is -2.27. The molecular weight excluding hydrogens is 206 g/mol. The van der Waals surface area contributed by atoms with Gasteiger partial charge in [-0.05, 0) is 51.6 Å². The minimum atomic E-state index is 0.702. The Kier molecular flexibility index (Phi) is 8.55. The zero-order valence-corrected chi connectivity index (χ0v) is 11.8. The van der Waals surface area contributed by atoms with E-state index >= 15 is 0 Å². The average molecular weight is 234 g/mol. The van der Waals surface area contributed by atoms with Gasteiger partial charge in [0, 0.05) is 11.9 Å². The molecule has 2 unspecified atom stereocenters. The topological polar surface area (TPSA) is 3.24 Å². The highest BCUT2D eigenvalue weighted by Gasteiger charge is 2.11. The van der Waals surface area contributed by atoms with Gasteiger partial charge in [0.15, 0.2) is 0 Å². The van der Waals surface area contributed by atoms with E-state index < -0.39 is 0 Å². The summed E-state index contributed by atoms with van der Waals surface area (Å²) < 4.78 is 0. The Balaban J connectivity index is 3.67. The van der Waals surface area contributed by atoms with Gasteiger partial charge in [-0.1, -0.05) is 20.8 Å². The molecule has 0 aliphatic heterocycles. The predicted molar refractivity (Wildman–Crippen MR) is 70.7 cm³/mol. The largest absolute Gasteiger partial charge is 0.304 e. The lowest BCUT2D eigenvalue weighted by atomic mass is 10.0. The van der Waals surface area contributed by atoms with Crippen molar-refractivity contribution >= 4 is 11.6 Å². The molecule has 0 rings (SSSR count). The normalized spacial score (nSPS) is 16.0. The van der Waals surface area contributed by atoms with E-state index in [-0.39, 0.29) is 0 Å². The van der Waals surface area contributed by atoms with Crippen LogP contribution in [0.1, 0.15) is 47.0 Å². The Morgan fingerprint density at radius 2 is 1.67 bits per heavy atom. The van der Waals surface area contributed by atoms with Crippen LogP contribution in [0, 0.1) is 11.8 Å². The highest BCUT2D eigenvalue weighted by Crippen LogP contribution is 2.13. The number of alkyl halides is 1. The van der Waals surface area contributed by atoms with Gasteiger partial charge in [-0.3, -0.25) is 0 Å². The fraction of sp³-hybridized carbons (Fsp3) is 1.00. The van der Waals surface area contributed by atoms with E-state index in [1.807, 2.05) is 0 Å². The first-order valence-electron chi connectivity index (χ1n) is 6.23. The van der Waals surface area contributed by atoms with Crippen molar-refractivity contribution in [1.82, 2.24) is 4.90 Å². The molecule has 2 heteroatoms. The Labute approximate surface area is 101 Å². The van der Waals surface area contributed by atoms with E-state index in [2.05, 4.69) is 39.6 Å². The molecule has 0 aromatic heterocycles. The van der Waals surface area contributed by atoms with Crippen LogP contribution in [-0.2, 0) is 0 Å². The van der Waals surface area contributed by atoms with Crippen LogP contribution in [0.15, 0.2) is 0 Å². The summed E-state index contributed by atoms with van der Waals surface area (Å²) in [4.78, 5) is 2.48. The van der Waals surface area contributed by atoms with Gasteiger partial charge in [0.2, 0.25) is 0 Å². The fourth-order valence-electron chi connectivity index (χ4n) is 1.84. The molecule has 0 radical (unpaired) electrons. The summed E-state index contributed by atoms with van der Waals surface area (Å²) in [5.41, 5.74) is 0.